The standard InChI is InChI=1S/C15H20N4O2S2/c1-10(13(20)16-15(2)5-7-21-8-6-15)19-12(17-18-14(19)22)11-4-3-9-23-11/h3-4,9-10H,5-8H2,1-2H3,(H,16,20)(H,18,22)/t10-/m0/s1. The molecule has 1 aliphatic heterocycles. The first-order chi connectivity index (χ1) is 11.0. The first-order valence-electron chi connectivity index (χ1n) is 7.61. The molecule has 0 aliphatic carbocycles. The van der Waals surface area contributed by atoms with Crippen molar-refractivity contribution in [1.29, 1.82) is 0 Å². The van der Waals surface area contributed by atoms with Crippen LogP contribution >= 0.6 is 23.6 Å². The van der Waals surface area contributed by atoms with Gasteiger partial charge in [-0.2, -0.15) is 5.10 Å². The molecule has 8 heteroatoms. The molecule has 6 nitrogen and oxygen atoms in total. The van der Waals surface area contributed by atoms with Crippen LogP contribution in [-0.4, -0.2) is 39.4 Å². The van der Waals surface area contributed by atoms with E-state index in [-0.39, 0.29) is 11.4 Å². The first kappa shape index (κ1) is 16.4. The lowest BCUT2D eigenvalue weighted by Gasteiger charge is -2.35. The van der Waals surface area contributed by atoms with Crippen molar-refractivity contribution in [2.75, 3.05) is 13.2 Å². The number of rotatable bonds is 4. The Kier molecular flexibility index (Phi) is 4.65. The van der Waals surface area contributed by atoms with E-state index in [1.165, 1.54) is 0 Å². The number of hydrogen-bond donors (Lipinski definition) is 2. The van der Waals surface area contributed by atoms with Gasteiger partial charge in [-0.1, -0.05) is 6.07 Å². The summed E-state index contributed by atoms with van der Waals surface area (Å²) < 4.78 is 7.61. The van der Waals surface area contributed by atoms with Gasteiger partial charge < -0.3 is 10.1 Å². The molecule has 2 N–H and O–H groups in total. The van der Waals surface area contributed by atoms with Gasteiger partial charge in [-0.3, -0.25) is 14.5 Å². The number of thiophene rings is 1. The number of carbonyl (C=O) groups excluding carboxylic acids is 1. The summed E-state index contributed by atoms with van der Waals surface area (Å²) in [5.41, 5.74) is -0.224. The maximum Gasteiger partial charge on any atom is 0.243 e. The summed E-state index contributed by atoms with van der Waals surface area (Å²) in [4.78, 5) is 13.7. The Morgan fingerprint density at radius 2 is 2.30 bits per heavy atom. The van der Waals surface area contributed by atoms with Crippen LogP contribution in [0.25, 0.3) is 10.7 Å². The Bertz CT molecular complexity index is 729. The minimum atomic E-state index is -0.432. The van der Waals surface area contributed by atoms with Crippen LogP contribution < -0.4 is 5.32 Å². The maximum atomic E-state index is 12.7. The molecule has 1 saturated heterocycles. The zero-order valence-electron chi connectivity index (χ0n) is 13.2. The molecule has 2 aromatic heterocycles. The average molecular weight is 352 g/mol. The molecule has 2 aromatic rings. The molecule has 0 unspecified atom stereocenters. The summed E-state index contributed by atoms with van der Waals surface area (Å²) in [5.74, 6) is 0.648. The number of aromatic nitrogens is 3. The summed E-state index contributed by atoms with van der Waals surface area (Å²) in [6.07, 6.45) is 1.64. The van der Waals surface area contributed by atoms with Gasteiger partial charge in [0.2, 0.25) is 5.91 Å². The zero-order valence-corrected chi connectivity index (χ0v) is 14.8. The third-order valence-electron chi connectivity index (χ3n) is 4.23. The van der Waals surface area contributed by atoms with Crippen molar-refractivity contribution in [2.45, 2.75) is 38.3 Å². The molecular weight excluding hydrogens is 332 g/mol. The monoisotopic (exact) mass is 352 g/mol. The van der Waals surface area contributed by atoms with E-state index in [0.29, 0.717) is 23.8 Å². The number of aromatic amines is 1. The summed E-state index contributed by atoms with van der Waals surface area (Å²) >= 11 is 6.89. The van der Waals surface area contributed by atoms with Gasteiger partial charge in [-0.15, -0.1) is 11.3 Å². The molecule has 124 valence electrons. The Morgan fingerprint density at radius 3 is 2.96 bits per heavy atom. The Hall–Kier alpha value is -1.51. The molecule has 1 amide bonds. The summed E-state index contributed by atoms with van der Waals surface area (Å²) in [6.45, 7) is 5.27. The van der Waals surface area contributed by atoms with Crippen molar-refractivity contribution in [3.63, 3.8) is 0 Å². The smallest absolute Gasteiger partial charge is 0.243 e. The fourth-order valence-electron chi connectivity index (χ4n) is 2.71. The minimum absolute atomic E-state index is 0.0512. The van der Waals surface area contributed by atoms with Crippen LogP contribution in [0.15, 0.2) is 17.5 Å². The summed E-state index contributed by atoms with van der Waals surface area (Å²) in [5, 5.41) is 12.2. The fraction of sp³-hybridized carbons (Fsp3) is 0.533. The van der Waals surface area contributed by atoms with Gasteiger partial charge in [0.15, 0.2) is 10.6 Å². The fourth-order valence-corrected chi connectivity index (χ4v) is 3.71. The third-order valence-corrected chi connectivity index (χ3v) is 5.39. The van der Waals surface area contributed by atoms with Crippen molar-refractivity contribution in [1.82, 2.24) is 20.1 Å². The SMILES string of the molecule is C[C@@H](C(=O)NC1(C)CCOCC1)n1c(-c2cccs2)n[nH]c1=S. The predicted octanol–water partition coefficient (Wildman–Crippen LogP) is 2.92. The van der Waals surface area contributed by atoms with E-state index in [1.54, 1.807) is 15.9 Å². The van der Waals surface area contributed by atoms with Crippen LogP contribution in [0.1, 0.15) is 32.7 Å². The van der Waals surface area contributed by atoms with Crippen molar-refractivity contribution in [3.8, 4) is 10.7 Å². The van der Waals surface area contributed by atoms with Gasteiger partial charge in [-0.05, 0) is 50.4 Å². The molecule has 1 aliphatic rings. The largest absolute Gasteiger partial charge is 0.381 e. The number of amides is 1. The number of H-pyrrole nitrogens is 1. The molecule has 3 rings (SSSR count). The van der Waals surface area contributed by atoms with E-state index < -0.39 is 6.04 Å². The lowest BCUT2D eigenvalue weighted by molar-refractivity contribution is -0.126. The molecular formula is C15H20N4O2S2. The molecule has 1 fully saturated rings. The van der Waals surface area contributed by atoms with Crippen LogP contribution in [0.3, 0.4) is 0 Å². The molecule has 1 atom stereocenters. The van der Waals surface area contributed by atoms with Crippen molar-refractivity contribution < 1.29 is 9.53 Å². The number of hydrogen-bond acceptors (Lipinski definition) is 5. The number of carbonyl (C=O) groups is 1. The van der Waals surface area contributed by atoms with E-state index in [4.69, 9.17) is 17.0 Å². The highest BCUT2D eigenvalue weighted by atomic mass is 32.1. The molecule has 3 heterocycles. The van der Waals surface area contributed by atoms with E-state index in [2.05, 4.69) is 22.4 Å². The first-order valence-corrected chi connectivity index (χ1v) is 8.89. The summed E-state index contributed by atoms with van der Waals surface area (Å²) in [6, 6.07) is 3.49. The van der Waals surface area contributed by atoms with Gasteiger partial charge in [0.1, 0.15) is 6.04 Å². The molecule has 0 radical (unpaired) electrons. The quantitative estimate of drug-likeness (QED) is 0.830. The molecule has 0 saturated carbocycles. The minimum Gasteiger partial charge on any atom is -0.381 e. The second-order valence-corrected chi connectivity index (χ2v) is 7.37. The van der Waals surface area contributed by atoms with Gasteiger partial charge >= 0.3 is 0 Å². The number of ether oxygens (including phenoxy) is 1. The van der Waals surface area contributed by atoms with Crippen molar-refractivity contribution >= 4 is 29.5 Å². The molecule has 23 heavy (non-hydrogen) atoms. The van der Waals surface area contributed by atoms with E-state index in [0.717, 1.165) is 17.7 Å². The third kappa shape index (κ3) is 3.39. The van der Waals surface area contributed by atoms with Gasteiger partial charge in [0, 0.05) is 18.8 Å². The van der Waals surface area contributed by atoms with Crippen LogP contribution in [0.2, 0.25) is 0 Å². The van der Waals surface area contributed by atoms with E-state index in [1.807, 2.05) is 24.4 Å². The number of nitrogens with zero attached hydrogens (tertiary/aromatic N) is 2. The maximum absolute atomic E-state index is 12.7. The normalized spacial score (nSPS) is 18.5. The van der Waals surface area contributed by atoms with Gasteiger partial charge in [-0.25, -0.2) is 0 Å². The second-order valence-electron chi connectivity index (χ2n) is 6.04. The highest BCUT2D eigenvalue weighted by molar-refractivity contribution is 7.71. The number of nitrogens with one attached hydrogen (secondary N) is 2. The van der Waals surface area contributed by atoms with Crippen molar-refractivity contribution in [3.05, 3.63) is 22.3 Å². The lowest BCUT2D eigenvalue weighted by Crippen LogP contribution is -2.51. The van der Waals surface area contributed by atoms with Crippen molar-refractivity contribution in [2.24, 2.45) is 0 Å². The molecule has 0 bridgehead atoms. The highest BCUT2D eigenvalue weighted by Gasteiger charge is 2.31. The van der Waals surface area contributed by atoms with Crippen LogP contribution in [0, 0.1) is 4.77 Å². The molecule has 0 aromatic carbocycles. The molecule has 0 spiro atoms. The topological polar surface area (TPSA) is 71.9 Å². The van der Waals surface area contributed by atoms with E-state index in [9.17, 15) is 4.79 Å². The Balaban J connectivity index is 1.83. The van der Waals surface area contributed by atoms with Crippen LogP contribution in [0.5, 0.6) is 0 Å². The zero-order chi connectivity index (χ0) is 16.4. The van der Waals surface area contributed by atoms with Crippen LogP contribution in [0.4, 0.5) is 0 Å². The van der Waals surface area contributed by atoms with Gasteiger partial charge in [0.05, 0.1) is 4.88 Å². The highest BCUT2D eigenvalue weighted by Crippen LogP contribution is 2.26. The second kappa shape index (κ2) is 6.54. The van der Waals surface area contributed by atoms with Gasteiger partial charge in [0.25, 0.3) is 0 Å². The Labute approximate surface area is 143 Å². The van der Waals surface area contributed by atoms with E-state index >= 15 is 0 Å². The van der Waals surface area contributed by atoms with Crippen LogP contribution in [-0.2, 0) is 9.53 Å². The lowest BCUT2D eigenvalue weighted by atomic mass is 9.92. The summed E-state index contributed by atoms with van der Waals surface area (Å²) in [7, 11) is 0. The predicted molar refractivity (Wildman–Crippen MR) is 92.0 cm³/mol. The average Bonchev–Trinajstić information content (AvgIpc) is 3.16. The Morgan fingerprint density at radius 1 is 1.57 bits per heavy atom.